The molecule has 17 nitrogen and oxygen atoms in total. The second-order valence-electron chi connectivity index (χ2n) is 20.6. The third kappa shape index (κ3) is 9.37. The number of ether oxygens (including phenoxy) is 1. The topological polar surface area (TPSA) is 182 Å². The van der Waals surface area contributed by atoms with E-state index in [-0.39, 0.29) is 18.0 Å². The van der Waals surface area contributed by atoms with Gasteiger partial charge >= 0.3 is 6.03 Å². The van der Waals surface area contributed by atoms with Gasteiger partial charge in [0.25, 0.3) is 17.7 Å². The molecule has 2 atom stereocenters. The highest BCUT2D eigenvalue weighted by Gasteiger charge is 2.45. The van der Waals surface area contributed by atoms with Gasteiger partial charge in [-0.15, -0.1) is 0 Å². The van der Waals surface area contributed by atoms with Crippen molar-refractivity contribution in [3.63, 3.8) is 0 Å². The Morgan fingerprint density at radius 3 is 2.13 bits per heavy atom. The molecule has 6 amide bonds. The van der Waals surface area contributed by atoms with Crippen LogP contribution in [0.4, 0.5) is 16.3 Å². The van der Waals surface area contributed by atoms with Crippen molar-refractivity contribution >= 4 is 41.2 Å². The van der Waals surface area contributed by atoms with Gasteiger partial charge in [0.15, 0.2) is 0 Å². The minimum Gasteiger partial charge on any atom is -0.457 e. The average Bonchev–Trinajstić information content (AvgIpc) is 3.91. The third-order valence-corrected chi connectivity index (χ3v) is 16.4. The van der Waals surface area contributed by atoms with Crippen molar-refractivity contribution < 1.29 is 28.7 Å². The number of carbonyl (C=O) groups is 5. The van der Waals surface area contributed by atoms with Gasteiger partial charge in [0.05, 0.1) is 17.2 Å². The Bertz CT molecular complexity index is 2680. The normalized spacial score (nSPS) is 23.1. The van der Waals surface area contributed by atoms with Crippen molar-refractivity contribution in [2.24, 2.45) is 17.6 Å². The molecule has 71 heavy (non-hydrogen) atoms. The van der Waals surface area contributed by atoms with Crippen molar-refractivity contribution in [2.75, 3.05) is 88.8 Å². The number of urea groups is 1. The second kappa shape index (κ2) is 19.8. The summed E-state index contributed by atoms with van der Waals surface area (Å²) in [5.41, 5.74) is 10.1. The maximum Gasteiger partial charge on any atom is 0.320 e. The molecule has 7 aliphatic rings. The zero-order chi connectivity index (χ0) is 48.8. The molecular formula is C54H65N11O6. The van der Waals surface area contributed by atoms with Gasteiger partial charge in [0.2, 0.25) is 5.91 Å². The smallest absolute Gasteiger partial charge is 0.320 e. The molecule has 4 N–H and O–H groups in total. The number of rotatable bonds is 10. The number of nitrogens with zero attached hydrogens (tertiary/aromatic N) is 8. The van der Waals surface area contributed by atoms with E-state index in [0.717, 1.165) is 151 Å². The van der Waals surface area contributed by atoms with Crippen LogP contribution in [0, 0.1) is 11.8 Å². The van der Waals surface area contributed by atoms with E-state index in [1.807, 2.05) is 71.4 Å². The number of imide groups is 1. The van der Waals surface area contributed by atoms with Crippen LogP contribution >= 0.6 is 0 Å². The number of benzene rings is 3. The highest BCUT2D eigenvalue weighted by molar-refractivity contribution is 6.23. The number of piperazine rings is 1. The van der Waals surface area contributed by atoms with E-state index in [0.29, 0.717) is 64.6 Å². The van der Waals surface area contributed by atoms with Gasteiger partial charge in [-0.2, -0.15) is 5.10 Å². The SMILES string of the molecule is C=C1CCC(N2C(=O)c3ccc(N4CCC(CN5CCN(C(=O)N6CCC(N7CCC([C@@H]8CCNc9c(C(N)=O)c(-c%10ccc(Oc%11ccccc%11)cc%10)nn98)CC7)CC6)CC5)CC4)cc3C2=O)C(=O)N1. The summed E-state index contributed by atoms with van der Waals surface area (Å²) in [5, 5.41) is 11.2. The zero-order valence-electron chi connectivity index (χ0n) is 40.5. The predicted octanol–water partition coefficient (Wildman–Crippen LogP) is 6.02. The number of carbonyl (C=O) groups excluding carboxylic acids is 5. The van der Waals surface area contributed by atoms with Crippen molar-refractivity contribution in [1.29, 1.82) is 0 Å². The van der Waals surface area contributed by atoms with Gasteiger partial charge in [0, 0.05) is 88.4 Å². The molecule has 0 bridgehead atoms. The number of aromatic nitrogens is 2. The summed E-state index contributed by atoms with van der Waals surface area (Å²) in [4.78, 5) is 78.8. The molecule has 7 aliphatic heterocycles. The minimum atomic E-state index is -0.817. The molecule has 5 saturated heterocycles. The van der Waals surface area contributed by atoms with Gasteiger partial charge in [-0.1, -0.05) is 24.8 Å². The summed E-state index contributed by atoms with van der Waals surface area (Å²) < 4.78 is 8.05. The Morgan fingerprint density at radius 2 is 1.42 bits per heavy atom. The van der Waals surface area contributed by atoms with Crippen LogP contribution < -0.4 is 26.0 Å². The van der Waals surface area contributed by atoms with E-state index in [4.69, 9.17) is 15.6 Å². The van der Waals surface area contributed by atoms with E-state index in [1.165, 1.54) is 0 Å². The number of hydrogen-bond acceptors (Lipinski definition) is 11. The van der Waals surface area contributed by atoms with Crippen LogP contribution in [0.5, 0.6) is 11.5 Å². The van der Waals surface area contributed by atoms with Gasteiger partial charge in [-0.25, -0.2) is 9.48 Å². The van der Waals surface area contributed by atoms with Crippen LogP contribution in [-0.2, 0) is 4.79 Å². The molecule has 11 rings (SSSR count). The third-order valence-electron chi connectivity index (χ3n) is 16.4. The van der Waals surface area contributed by atoms with Gasteiger partial charge in [-0.05, 0) is 137 Å². The lowest BCUT2D eigenvalue weighted by molar-refractivity contribution is -0.125. The molecule has 0 radical (unpaired) electrons. The first-order valence-electron chi connectivity index (χ1n) is 25.8. The van der Waals surface area contributed by atoms with Gasteiger partial charge < -0.3 is 40.7 Å². The van der Waals surface area contributed by atoms with Gasteiger partial charge in [-0.3, -0.25) is 29.0 Å². The van der Waals surface area contributed by atoms with Crippen LogP contribution in [0.15, 0.2) is 85.1 Å². The number of piperidine rings is 4. The van der Waals surface area contributed by atoms with Gasteiger partial charge in [0.1, 0.15) is 34.6 Å². The van der Waals surface area contributed by atoms with E-state index >= 15 is 0 Å². The Kier molecular flexibility index (Phi) is 13.0. The fourth-order valence-electron chi connectivity index (χ4n) is 12.4. The monoisotopic (exact) mass is 964 g/mol. The summed E-state index contributed by atoms with van der Waals surface area (Å²) in [5.74, 6) is 1.50. The standard InChI is InChI=1S/C54H65N11O6/c1-35-7-14-46(51(67)57-35)64-52(68)43-13-10-40(33-44(43)53(64)69)61-23-16-36(17-24-61)34-59-29-31-63(32-30-59)54(70)62-27-20-39(21-28-62)60-25-18-37(19-26-60)45-15-22-56-50-47(49(55)66)48(58-65(45)50)38-8-11-42(12-9-38)71-41-5-3-2-4-6-41/h2-6,8-13,33,36-37,39,45-46,56H,1,7,14-32,34H2,(H2,55,66)(H,57,67)/t45-,46?/m0/s1. The quantitative estimate of drug-likeness (QED) is 0.158. The van der Waals surface area contributed by atoms with Crippen molar-refractivity contribution in [2.45, 2.75) is 75.9 Å². The highest BCUT2D eigenvalue weighted by Crippen LogP contribution is 2.41. The molecule has 372 valence electrons. The largest absolute Gasteiger partial charge is 0.457 e. The van der Waals surface area contributed by atoms with Crippen LogP contribution in [-0.4, -0.2) is 155 Å². The molecule has 1 aromatic heterocycles. The number of para-hydroxylation sites is 1. The summed E-state index contributed by atoms with van der Waals surface area (Å²) in [6.45, 7) is 14.2. The van der Waals surface area contributed by atoms with E-state index < -0.39 is 23.8 Å². The van der Waals surface area contributed by atoms with Crippen molar-refractivity contribution in [3.8, 4) is 22.8 Å². The number of amides is 6. The van der Waals surface area contributed by atoms with Crippen LogP contribution in [0.2, 0.25) is 0 Å². The Hall–Kier alpha value is -6.72. The van der Waals surface area contributed by atoms with Crippen LogP contribution in [0.1, 0.15) is 94.9 Å². The molecule has 4 aromatic rings. The lowest BCUT2D eigenvalue weighted by Crippen LogP contribution is -2.56. The Morgan fingerprint density at radius 1 is 0.732 bits per heavy atom. The predicted molar refractivity (Wildman–Crippen MR) is 269 cm³/mol. The fourth-order valence-corrected chi connectivity index (χ4v) is 12.4. The number of likely N-dealkylation sites (tertiary alicyclic amines) is 2. The molecule has 8 heterocycles. The summed E-state index contributed by atoms with van der Waals surface area (Å²) in [7, 11) is 0. The molecular weight excluding hydrogens is 899 g/mol. The first-order valence-corrected chi connectivity index (χ1v) is 25.8. The van der Waals surface area contributed by atoms with Crippen LogP contribution in [0.25, 0.3) is 11.3 Å². The number of nitrogens with one attached hydrogen (secondary N) is 2. The van der Waals surface area contributed by atoms with Crippen LogP contribution in [0.3, 0.4) is 0 Å². The molecule has 0 aliphatic carbocycles. The molecule has 0 spiro atoms. The Labute approximate surface area is 414 Å². The van der Waals surface area contributed by atoms with E-state index in [9.17, 15) is 24.0 Å². The minimum absolute atomic E-state index is 0.174. The zero-order valence-corrected chi connectivity index (χ0v) is 40.5. The summed E-state index contributed by atoms with van der Waals surface area (Å²) >= 11 is 0. The average molecular weight is 964 g/mol. The highest BCUT2D eigenvalue weighted by atomic mass is 16.5. The summed E-state index contributed by atoms with van der Waals surface area (Å²) in [6, 6.07) is 22.8. The lowest BCUT2D eigenvalue weighted by atomic mass is 9.85. The maximum atomic E-state index is 13.8. The number of primary amides is 1. The summed E-state index contributed by atoms with van der Waals surface area (Å²) in [6.07, 6.45) is 7.99. The molecule has 0 saturated carbocycles. The first-order chi connectivity index (χ1) is 34.6. The van der Waals surface area contributed by atoms with Crippen molar-refractivity contribution in [3.05, 3.63) is 102 Å². The number of allylic oxidation sites excluding steroid dienone is 1. The molecule has 5 fully saturated rings. The maximum absolute atomic E-state index is 13.8. The number of nitrogens with two attached hydrogens (primary N) is 1. The van der Waals surface area contributed by atoms with Crippen molar-refractivity contribution in [1.82, 2.24) is 39.6 Å². The number of hydrogen-bond donors (Lipinski definition) is 3. The molecule has 3 aromatic carbocycles. The molecule has 17 heteroatoms. The Balaban J connectivity index is 0.614. The lowest BCUT2D eigenvalue weighted by Gasteiger charge is -2.45. The fraction of sp³-hybridized carbons (Fsp3) is 0.481. The first kappa shape index (κ1) is 46.7. The second-order valence-corrected chi connectivity index (χ2v) is 20.6. The number of fused-ring (bicyclic) bond motifs is 2. The number of anilines is 2. The van der Waals surface area contributed by atoms with E-state index in [1.54, 1.807) is 6.07 Å². The molecule has 1 unspecified atom stereocenters. The van der Waals surface area contributed by atoms with E-state index in [2.05, 4.69) is 41.7 Å².